The third-order valence-corrected chi connectivity index (χ3v) is 10.4. The first kappa shape index (κ1) is 31.0. The molecule has 1 unspecified atom stereocenters. The molecule has 10 rings (SSSR count). The lowest BCUT2D eigenvalue weighted by Crippen LogP contribution is -2.36. The smallest absolute Gasteiger partial charge is 0.152 e. The van der Waals surface area contributed by atoms with Gasteiger partial charge in [-0.3, -0.25) is 0 Å². The number of benzene rings is 7. The van der Waals surface area contributed by atoms with E-state index in [9.17, 15) is 0 Å². The van der Waals surface area contributed by atoms with Crippen molar-refractivity contribution in [3.63, 3.8) is 0 Å². The van der Waals surface area contributed by atoms with E-state index in [4.69, 9.17) is 19.9 Å². The summed E-state index contributed by atoms with van der Waals surface area (Å²) < 4.78 is 20.1. The molecule has 7 aromatic rings. The second-order valence-electron chi connectivity index (χ2n) is 13.4. The molecule has 0 saturated heterocycles. The Morgan fingerprint density at radius 3 is 1.74 bits per heavy atom. The van der Waals surface area contributed by atoms with Crippen molar-refractivity contribution >= 4 is 11.4 Å². The normalized spacial score (nSPS) is 16.2. The van der Waals surface area contributed by atoms with Crippen molar-refractivity contribution in [2.45, 2.75) is 5.41 Å². The Bertz CT molecular complexity index is 2580. The van der Waals surface area contributed by atoms with Crippen LogP contribution >= 0.6 is 0 Å². The van der Waals surface area contributed by atoms with E-state index >= 15 is 0 Å². The zero-order valence-corrected chi connectivity index (χ0v) is 28.8. The highest BCUT2D eigenvalue weighted by Gasteiger charge is 2.50. The van der Waals surface area contributed by atoms with Gasteiger partial charge in [-0.1, -0.05) is 127 Å². The molecule has 0 amide bonds. The molecule has 2 N–H and O–H groups in total. The molecule has 1 spiro atoms. The van der Waals surface area contributed by atoms with Gasteiger partial charge in [-0.25, -0.2) is 0 Å². The molecule has 254 valence electrons. The summed E-state index contributed by atoms with van der Waals surface area (Å²) in [5.41, 5.74) is 15.6. The quantitative estimate of drug-likeness (QED) is 0.195. The number of allylic oxidation sites excluding steroid dienone is 1. The van der Waals surface area contributed by atoms with Crippen molar-refractivity contribution in [3.05, 3.63) is 210 Å². The Morgan fingerprint density at radius 2 is 1.06 bits per heavy atom. The second-order valence-corrected chi connectivity index (χ2v) is 13.4. The lowest BCUT2D eigenvalue weighted by Gasteiger charge is -2.45. The number of hydrogen-bond acceptors (Lipinski definition) is 5. The van der Waals surface area contributed by atoms with Gasteiger partial charge in [0.05, 0.1) is 17.3 Å². The topological polar surface area (TPSA) is 57.0 Å². The van der Waals surface area contributed by atoms with E-state index in [1.54, 1.807) is 0 Å². The molecule has 0 saturated carbocycles. The zero-order chi connectivity index (χ0) is 35.4. The molecular formula is C48H34N2O3. The van der Waals surface area contributed by atoms with Crippen LogP contribution < -0.4 is 24.8 Å². The maximum absolute atomic E-state index is 6.89. The summed E-state index contributed by atoms with van der Waals surface area (Å²) in [7, 11) is 0. The van der Waals surface area contributed by atoms with Gasteiger partial charge in [-0.2, -0.15) is 0 Å². The van der Waals surface area contributed by atoms with Gasteiger partial charge >= 0.3 is 0 Å². The fraction of sp³-hybridized carbons (Fsp3) is 0.0417. The molecular weight excluding hydrogens is 653 g/mol. The predicted molar refractivity (Wildman–Crippen MR) is 211 cm³/mol. The first-order valence-electron chi connectivity index (χ1n) is 17.9. The van der Waals surface area contributed by atoms with Crippen molar-refractivity contribution in [1.29, 1.82) is 0 Å². The predicted octanol–water partition coefficient (Wildman–Crippen LogP) is 11.5. The van der Waals surface area contributed by atoms with Crippen molar-refractivity contribution in [2.75, 3.05) is 11.4 Å². The lowest BCUT2D eigenvalue weighted by molar-refractivity contribution is 0.399. The van der Waals surface area contributed by atoms with E-state index in [-0.39, 0.29) is 0 Å². The second kappa shape index (κ2) is 12.4. The van der Waals surface area contributed by atoms with Crippen LogP contribution in [0.2, 0.25) is 0 Å². The van der Waals surface area contributed by atoms with E-state index < -0.39 is 5.41 Å². The number of para-hydroxylation sites is 4. The zero-order valence-electron chi connectivity index (χ0n) is 28.8. The third-order valence-electron chi connectivity index (χ3n) is 10.4. The summed E-state index contributed by atoms with van der Waals surface area (Å²) >= 11 is 0. The van der Waals surface area contributed by atoms with Crippen LogP contribution in [0.25, 0.3) is 22.3 Å². The van der Waals surface area contributed by atoms with Gasteiger partial charge < -0.3 is 24.8 Å². The summed E-state index contributed by atoms with van der Waals surface area (Å²) in [5, 5.41) is 0. The van der Waals surface area contributed by atoms with Gasteiger partial charge in [0.15, 0.2) is 5.75 Å². The van der Waals surface area contributed by atoms with Crippen molar-refractivity contribution < 1.29 is 14.2 Å². The van der Waals surface area contributed by atoms with E-state index in [1.807, 2.05) is 66.9 Å². The largest absolute Gasteiger partial charge is 0.457 e. The van der Waals surface area contributed by atoms with Crippen LogP contribution in [0, 0.1) is 0 Å². The minimum Gasteiger partial charge on any atom is -0.457 e. The molecule has 7 aromatic carbocycles. The highest BCUT2D eigenvalue weighted by atomic mass is 16.5. The number of hydrogen-bond donors (Lipinski definition) is 1. The summed E-state index contributed by atoms with van der Waals surface area (Å²) in [6.07, 6.45) is 5.84. The van der Waals surface area contributed by atoms with Crippen LogP contribution in [-0.2, 0) is 5.41 Å². The first-order chi connectivity index (χ1) is 26.2. The van der Waals surface area contributed by atoms with E-state index in [1.165, 1.54) is 0 Å². The SMILES string of the molecule is NC/C=C\C1=CN(c2ccccc2)c2c(cccc2-c2ccc3c(c2)Oc2ccccc2C32c3ccccc3Oc3cc(-c4ccccc4)ccc32)O1. The molecule has 3 aliphatic rings. The van der Waals surface area contributed by atoms with Crippen LogP contribution in [-0.4, -0.2) is 6.54 Å². The number of anilines is 2. The molecule has 3 aliphatic heterocycles. The monoisotopic (exact) mass is 686 g/mol. The van der Waals surface area contributed by atoms with Gasteiger partial charge in [0, 0.05) is 40.0 Å². The fourth-order valence-corrected chi connectivity index (χ4v) is 8.13. The van der Waals surface area contributed by atoms with Crippen molar-refractivity contribution in [2.24, 2.45) is 5.73 Å². The molecule has 0 bridgehead atoms. The molecule has 0 aliphatic carbocycles. The van der Waals surface area contributed by atoms with Crippen LogP contribution in [0.3, 0.4) is 0 Å². The van der Waals surface area contributed by atoms with Crippen LogP contribution in [0.4, 0.5) is 11.4 Å². The number of nitrogens with two attached hydrogens (primary N) is 1. The molecule has 5 nitrogen and oxygen atoms in total. The Hall–Kier alpha value is -6.82. The average molecular weight is 687 g/mol. The third kappa shape index (κ3) is 4.90. The van der Waals surface area contributed by atoms with Crippen molar-refractivity contribution in [1.82, 2.24) is 0 Å². The number of fused-ring (bicyclic) bond motifs is 9. The van der Waals surface area contributed by atoms with E-state index in [0.717, 1.165) is 84.6 Å². The van der Waals surface area contributed by atoms with Crippen molar-refractivity contribution in [3.8, 4) is 51.0 Å². The molecule has 0 radical (unpaired) electrons. The molecule has 3 heterocycles. The Kier molecular flexibility index (Phi) is 7.27. The summed E-state index contributed by atoms with van der Waals surface area (Å²) in [6, 6.07) is 57.0. The van der Waals surface area contributed by atoms with Gasteiger partial charge in [-0.05, 0) is 65.2 Å². The lowest BCUT2D eigenvalue weighted by atomic mass is 9.62. The molecule has 5 heteroatoms. The number of rotatable bonds is 5. The van der Waals surface area contributed by atoms with Crippen LogP contribution in [0.5, 0.6) is 28.7 Å². The van der Waals surface area contributed by atoms with E-state index in [2.05, 4.69) is 120 Å². The Morgan fingerprint density at radius 1 is 0.491 bits per heavy atom. The molecule has 1 atom stereocenters. The number of ether oxygens (including phenoxy) is 3. The highest BCUT2D eigenvalue weighted by molar-refractivity contribution is 5.90. The minimum absolute atomic E-state index is 0.425. The summed E-state index contributed by atoms with van der Waals surface area (Å²) in [6.45, 7) is 0.425. The first-order valence-corrected chi connectivity index (χ1v) is 17.9. The number of nitrogens with zero attached hydrogens (tertiary/aromatic N) is 1. The maximum Gasteiger partial charge on any atom is 0.152 e. The van der Waals surface area contributed by atoms with E-state index in [0.29, 0.717) is 12.3 Å². The highest BCUT2D eigenvalue weighted by Crippen LogP contribution is 2.62. The Balaban J connectivity index is 1.19. The standard InChI is InChI=1S/C48H34N2O3/c49-28-12-17-36-31-50(35-15-5-2-6-16-35)47-37(18-11-23-44(47)51-36)34-25-27-41-46(30-34)53-43-22-10-8-20-39(43)48(41)38-19-7-9-21-42(38)52-45-29-33(24-26-40(45)48)32-13-3-1-4-14-32/h1-27,29-31H,28,49H2/b17-12-. The molecule has 53 heavy (non-hydrogen) atoms. The maximum atomic E-state index is 6.89. The summed E-state index contributed by atoms with van der Waals surface area (Å²) in [5.74, 6) is 4.73. The minimum atomic E-state index is -0.690. The molecule has 0 fully saturated rings. The average Bonchev–Trinajstić information content (AvgIpc) is 3.22. The van der Waals surface area contributed by atoms with Crippen LogP contribution in [0.1, 0.15) is 22.3 Å². The van der Waals surface area contributed by atoms with Gasteiger partial charge in [-0.15, -0.1) is 0 Å². The van der Waals surface area contributed by atoms with Crippen LogP contribution in [0.15, 0.2) is 188 Å². The van der Waals surface area contributed by atoms with Gasteiger partial charge in [0.25, 0.3) is 0 Å². The van der Waals surface area contributed by atoms with Gasteiger partial charge in [0.2, 0.25) is 0 Å². The molecule has 0 aromatic heterocycles. The summed E-state index contributed by atoms with van der Waals surface area (Å²) in [4.78, 5) is 2.19. The Labute approximate surface area is 308 Å². The van der Waals surface area contributed by atoms with Gasteiger partial charge in [0.1, 0.15) is 28.8 Å². The fourth-order valence-electron chi connectivity index (χ4n) is 8.13.